The van der Waals surface area contributed by atoms with Crippen molar-refractivity contribution in [1.29, 1.82) is 0 Å². The fourth-order valence-corrected chi connectivity index (χ4v) is 3.37. The summed E-state index contributed by atoms with van der Waals surface area (Å²) in [4.78, 5) is 14.8. The molecule has 0 saturated carbocycles. The molecule has 0 amide bonds. The lowest BCUT2D eigenvalue weighted by molar-refractivity contribution is 0.237. The summed E-state index contributed by atoms with van der Waals surface area (Å²) in [6.07, 6.45) is 2.48. The van der Waals surface area contributed by atoms with E-state index >= 15 is 0 Å². The van der Waals surface area contributed by atoms with Gasteiger partial charge in [0.15, 0.2) is 5.43 Å². The van der Waals surface area contributed by atoms with Gasteiger partial charge < -0.3 is 14.3 Å². The molecule has 3 aromatic rings. The molecule has 26 heavy (non-hydrogen) atoms. The lowest BCUT2D eigenvalue weighted by Gasteiger charge is -2.15. The van der Waals surface area contributed by atoms with Crippen LogP contribution in [0.4, 0.5) is 0 Å². The number of aromatic hydroxyl groups is 1. The van der Waals surface area contributed by atoms with Crippen molar-refractivity contribution in [3.8, 4) is 22.8 Å². The summed E-state index contributed by atoms with van der Waals surface area (Å²) >= 11 is 0. The summed E-state index contributed by atoms with van der Waals surface area (Å²) in [5, 5.41) is 10.4. The Hall–Kier alpha value is -2.79. The molecule has 134 valence electrons. The van der Waals surface area contributed by atoms with E-state index in [0.29, 0.717) is 23.7 Å². The van der Waals surface area contributed by atoms with Crippen molar-refractivity contribution >= 4 is 11.0 Å². The minimum atomic E-state index is -0.272. The average molecular weight is 351 g/mol. The molecule has 0 bridgehead atoms. The van der Waals surface area contributed by atoms with E-state index < -0.39 is 0 Å². The molecular weight excluding hydrogens is 330 g/mol. The normalized spacial score (nSPS) is 14.8. The van der Waals surface area contributed by atoms with Gasteiger partial charge in [-0.1, -0.05) is 30.3 Å². The molecule has 1 aliphatic rings. The van der Waals surface area contributed by atoms with Crippen LogP contribution in [0.2, 0.25) is 0 Å². The number of benzene rings is 2. The molecule has 0 spiro atoms. The second-order valence-electron chi connectivity index (χ2n) is 6.55. The first-order valence-electron chi connectivity index (χ1n) is 8.92. The quantitative estimate of drug-likeness (QED) is 0.760. The van der Waals surface area contributed by atoms with E-state index in [1.54, 1.807) is 6.07 Å². The van der Waals surface area contributed by atoms with E-state index in [1.165, 1.54) is 25.0 Å². The molecule has 0 unspecified atom stereocenters. The van der Waals surface area contributed by atoms with Crippen LogP contribution in [-0.4, -0.2) is 36.2 Å². The predicted molar refractivity (Wildman–Crippen MR) is 101 cm³/mol. The molecule has 2 aromatic carbocycles. The van der Waals surface area contributed by atoms with Crippen molar-refractivity contribution in [2.45, 2.75) is 12.8 Å². The third kappa shape index (κ3) is 3.44. The number of hydrogen-bond acceptors (Lipinski definition) is 5. The summed E-state index contributed by atoms with van der Waals surface area (Å²) in [5.41, 5.74) is 0.866. The molecule has 0 atom stereocenters. The second-order valence-corrected chi connectivity index (χ2v) is 6.55. The zero-order valence-corrected chi connectivity index (χ0v) is 14.5. The zero-order valence-electron chi connectivity index (χ0n) is 14.5. The molecule has 1 aliphatic heterocycles. The van der Waals surface area contributed by atoms with E-state index in [-0.39, 0.29) is 16.6 Å². The van der Waals surface area contributed by atoms with Gasteiger partial charge in [-0.2, -0.15) is 0 Å². The summed E-state index contributed by atoms with van der Waals surface area (Å²) in [7, 11) is 0. The van der Waals surface area contributed by atoms with Gasteiger partial charge in [-0.15, -0.1) is 0 Å². The first-order chi connectivity index (χ1) is 12.7. The lowest BCUT2D eigenvalue weighted by atomic mass is 10.1. The van der Waals surface area contributed by atoms with Gasteiger partial charge in [-0.3, -0.25) is 9.69 Å². The van der Waals surface area contributed by atoms with Crippen LogP contribution in [0.15, 0.2) is 57.7 Å². The van der Waals surface area contributed by atoms with Crippen molar-refractivity contribution in [2.24, 2.45) is 0 Å². The predicted octanol–water partition coefficient (Wildman–Crippen LogP) is 3.64. The zero-order chi connectivity index (χ0) is 17.9. The molecule has 0 radical (unpaired) electrons. The Morgan fingerprint density at radius 2 is 1.85 bits per heavy atom. The van der Waals surface area contributed by atoms with Crippen molar-refractivity contribution in [3.05, 3.63) is 58.8 Å². The van der Waals surface area contributed by atoms with E-state index in [9.17, 15) is 9.90 Å². The van der Waals surface area contributed by atoms with Gasteiger partial charge >= 0.3 is 0 Å². The van der Waals surface area contributed by atoms with Gasteiger partial charge in [0.25, 0.3) is 0 Å². The van der Waals surface area contributed by atoms with Gasteiger partial charge in [-0.25, -0.2) is 0 Å². The van der Waals surface area contributed by atoms with Crippen molar-refractivity contribution < 1.29 is 14.3 Å². The van der Waals surface area contributed by atoms with Crippen LogP contribution < -0.4 is 10.2 Å². The number of nitrogens with zero attached hydrogens (tertiary/aromatic N) is 1. The number of rotatable bonds is 5. The SMILES string of the molecule is O=c1cc(-c2ccccc2)oc2cc(OCCN3CCCC3)cc(O)c12. The molecule has 5 heteroatoms. The van der Waals surface area contributed by atoms with Crippen LogP contribution in [0.25, 0.3) is 22.3 Å². The maximum absolute atomic E-state index is 12.4. The molecule has 5 nitrogen and oxygen atoms in total. The third-order valence-electron chi connectivity index (χ3n) is 4.72. The Kier molecular flexibility index (Phi) is 4.63. The standard InChI is InChI=1S/C21H21NO4/c23-17-12-16(25-11-10-22-8-4-5-9-22)13-20-21(17)18(24)14-19(26-20)15-6-2-1-3-7-15/h1-3,6-7,12-14,23H,4-5,8-11H2. The maximum atomic E-state index is 12.4. The Balaban J connectivity index is 1.62. The highest BCUT2D eigenvalue weighted by Gasteiger charge is 2.14. The first-order valence-corrected chi connectivity index (χ1v) is 8.92. The van der Waals surface area contributed by atoms with E-state index in [4.69, 9.17) is 9.15 Å². The topological polar surface area (TPSA) is 62.9 Å². The van der Waals surface area contributed by atoms with Gasteiger partial charge in [0.2, 0.25) is 0 Å². The van der Waals surface area contributed by atoms with Crippen molar-refractivity contribution in [3.63, 3.8) is 0 Å². The van der Waals surface area contributed by atoms with Crippen LogP contribution in [0.1, 0.15) is 12.8 Å². The van der Waals surface area contributed by atoms with Crippen molar-refractivity contribution in [1.82, 2.24) is 4.90 Å². The molecule has 2 heterocycles. The molecule has 4 rings (SSSR count). The number of hydrogen-bond donors (Lipinski definition) is 1. The van der Waals surface area contributed by atoms with E-state index in [2.05, 4.69) is 4.90 Å². The number of fused-ring (bicyclic) bond motifs is 1. The molecule has 0 aliphatic carbocycles. The molecule has 1 saturated heterocycles. The van der Waals surface area contributed by atoms with Crippen molar-refractivity contribution in [2.75, 3.05) is 26.2 Å². The van der Waals surface area contributed by atoms with Crippen LogP contribution in [0.3, 0.4) is 0 Å². The Morgan fingerprint density at radius 1 is 1.08 bits per heavy atom. The fourth-order valence-electron chi connectivity index (χ4n) is 3.37. The van der Waals surface area contributed by atoms with Gasteiger partial charge in [0.05, 0.1) is 0 Å². The minimum Gasteiger partial charge on any atom is -0.507 e. The van der Waals surface area contributed by atoms with Gasteiger partial charge in [-0.05, 0) is 25.9 Å². The maximum Gasteiger partial charge on any atom is 0.197 e. The van der Waals surface area contributed by atoms with Crippen LogP contribution in [0.5, 0.6) is 11.5 Å². The number of phenols is 1. The average Bonchev–Trinajstić information content (AvgIpc) is 3.15. The molecule has 1 N–H and O–H groups in total. The van der Waals surface area contributed by atoms with E-state index in [0.717, 1.165) is 25.2 Å². The Morgan fingerprint density at radius 3 is 2.62 bits per heavy atom. The third-order valence-corrected chi connectivity index (χ3v) is 4.72. The number of ether oxygens (including phenoxy) is 1. The van der Waals surface area contributed by atoms with Gasteiger partial charge in [0.1, 0.15) is 34.8 Å². The van der Waals surface area contributed by atoms with Crippen LogP contribution in [-0.2, 0) is 0 Å². The molecular formula is C21H21NO4. The lowest BCUT2D eigenvalue weighted by Crippen LogP contribution is -2.25. The monoisotopic (exact) mass is 351 g/mol. The number of likely N-dealkylation sites (tertiary alicyclic amines) is 1. The summed E-state index contributed by atoms with van der Waals surface area (Å²) in [5.74, 6) is 0.853. The Bertz CT molecular complexity index is 959. The Labute approximate surface area is 151 Å². The highest BCUT2D eigenvalue weighted by atomic mass is 16.5. The van der Waals surface area contributed by atoms with Crippen LogP contribution >= 0.6 is 0 Å². The fraction of sp³-hybridized carbons (Fsp3) is 0.286. The largest absolute Gasteiger partial charge is 0.507 e. The summed E-state index contributed by atoms with van der Waals surface area (Å²) in [6, 6.07) is 14.0. The second kappa shape index (κ2) is 7.22. The highest BCUT2D eigenvalue weighted by molar-refractivity contribution is 5.86. The summed E-state index contributed by atoms with van der Waals surface area (Å²) < 4.78 is 11.7. The minimum absolute atomic E-state index is 0.118. The molecule has 1 fully saturated rings. The first kappa shape index (κ1) is 16.7. The van der Waals surface area contributed by atoms with Crippen LogP contribution in [0, 0.1) is 0 Å². The summed E-state index contributed by atoms with van der Waals surface area (Å²) in [6.45, 7) is 3.61. The number of phenolic OH excluding ortho intramolecular Hbond substituents is 1. The highest BCUT2D eigenvalue weighted by Crippen LogP contribution is 2.31. The van der Waals surface area contributed by atoms with Gasteiger partial charge in [0, 0.05) is 30.3 Å². The smallest absolute Gasteiger partial charge is 0.197 e. The van der Waals surface area contributed by atoms with E-state index in [1.807, 2.05) is 30.3 Å². The molecule has 1 aromatic heterocycles.